The molecule has 0 radical (unpaired) electrons. The molecule has 0 aromatic rings. The van der Waals surface area contributed by atoms with E-state index in [0.717, 1.165) is 19.3 Å². The van der Waals surface area contributed by atoms with Crippen molar-refractivity contribution < 1.29 is 8.78 Å². The third kappa shape index (κ3) is 5.09. The molecule has 0 heterocycles. The van der Waals surface area contributed by atoms with Crippen molar-refractivity contribution in [1.29, 1.82) is 0 Å². The average Bonchev–Trinajstić information content (AvgIpc) is 2.56. The molecule has 1 rings (SSSR count). The SMILES string of the molecule is C=C=C(NC(C)C1(C)CC=C(C)CC1)/C(C(=C)C(F)F)=C(\C)N(C)C. The topological polar surface area (TPSA) is 15.3 Å². The van der Waals surface area contributed by atoms with Crippen LogP contribution in [0.4, 0.5) is 8.78 Å². The number of hydrogen-bond donors (Lipinski definition) is 1. The van der Waals surface area contributed by atoms with Gasteiger partial charge in [0.25, 0.3) is 6.43 Å². The molecule has 1 aliphatic carbocycles. The van der Waals surface area contributed by atoms with Crippen molar-refractivity contribution in [3.8, 4) is 0 Å². The predicted octanol–water partition coefficient (Wildman–Crippen LogP) is 5.43. The third-order valence-corrected chi connectivity index (χ3v) is 5.46. The molecular weight excluding hydrogens is 318 g/mol. The highest BCUT2D eigenvalue weighted by Gasteiger charge is 2.33. The van der Waals surface area contributed by atoms with Crippen LogP contribution in [-0.4, -0.2) is 31.5 Å². The van der Waals surface area contributed by atoms with Gasteiger partial charge in [0, 0.05) is 37.0 Å². The summed E-state index contributed by atoms with van der Waals surface area (Å²) >= 11 is 0. The Bertz CT molecular complexity index is 622. The van der Waals surface area contributed by atoms with Gasteiger partial charge in [0.2, 0.25) is 0 Å². The van der Waals surface area contributed by atoms with Gasteiger partial charge in [0.15, 0.2) is 0 Å². The van der Waals surface area contributed by atoms with Crippen LogP contribution in [0.1, 0.15) is 47.0 Å². The Kier molecular flexibility index (Phi) is 7.25. The molecule has 25 heavy (non-hydrogen) atoms. The highest BCUT2D eigenvalue weighted by atomic mass is 19.3. The quantitative estimate of drug-likeness (QED) is 0.374. The second-order valence-electron chi connectivity index (χ2n) is 7.51. The van der Waals surface area contributed by atoms with E-state index in [1.54, 1.807) is 11.8 Å². The maximum absolute atomic E-state index is 13.4. The second kappa shape index (κ2) is 8.53. The van der Waals surface area contributed by atoms with Crippen LogP contribution >= 0.6 is 0 Å². The zero-order valence-electron chi connectivity index (χ0n) is 16.5. The fraction of sp³-hybridized carbons (Fsp3) is 0.571. The Hall–Kier alpha value is -1.80. The van der Waals surface area contributed by atoms with E-state index in [4.69, 9.17) is 0 Å². The van der Waals surface area contributed by atoms with Crippen LogP contribution in [0.2, 0.25) is 0 Å². The molecule has 0 saturated heterocycles. The van der Waals surface area contributed by atoms with Crippen molar-refractivity contribution in [2.24, 2.45) is 5.41 Å². The molecule has 1 aliphatic rings. The van der Waals surface area contributed by atoms with E-state index in [0.29, 0.717) is 17.0 Å². The zero-order valence-corrected chi connectivity index (χ0v) is 16.5. The van der Waals surface area contributed by atoms with Gasteiger partial charge in [-0.3, -0.25) is 0 Å². The highest BCUT2D eigenvalue weighted by Crippen LogP contribution is 2.39. The smallest absolute Gasteiger partial charge is 0.264 e. The van der Waals surface area contributed by atoms with Gasteiger partial charge >= 0.3 is 0 Å². The molecule has 2 unspecified atom stereocenters. The second-order valence-corrected chi connectivity index (χ2v) is 7.51. The minimum Gasteiger partial charge on any atom is -0.381 e. The molecule has 0 aliphatic heterocycles. The number of hydrogen-bond acceptors (Lipinski definition) is 2. The van der Waals surface area contributed by atoms with Crippen LogP contribution in [0, 0.1) is 5.41 Å². The fourth-order valence-corrected chi connectivity index (χ4v) is 3.00. The Morgan fingerprint density at radius 3 is 2.40 bits per heavy atom. The standard InChI is InChI=1S/C21H32F2N2/c1-9-18(19(15(3)20(22)23)16(4)25(7)8)24-17(5)21(6)12-10-14(2)11-13-21/h10,17,20,24H,1,3,11-13H2,2,4-8H3/b19-16+. The van der Waals surface area contributed by atoms with Crippen LogP contribution in [0.25, 0.3) is 0 Å². The number of nitrogens with one attached hydrogen (secondary N) is 1. The summed E-state index contributed by atoms with van der Waals surface area (Å²) in [5.41, 5.74) is 5.70. The van der Waals surface area contributed by atoms with E-state index in [2.05, 4.69) is 51.1 Å². The Morgan fingerprint density at radius 1 is 1.40 bits per heavy atom. The molecule has 140 valence electrons. The van der Waals surface area contributed by atoms with Gasteiger partial charge < -0.3 is 10.2 Å². The first-order chi connectivity index (χ1) is 11.5. The summed E-state index contributed by atoms with van der Waals surface area (Å²) in [6.45, 7) is 15.6. The van der Waals surface area contributed by atoms with Crippen molar-refractivity contribution in [3.63, 3.8) is 0 Å². The van der Waals surface area contributed by atoms with Gasteiger partial charge in [-0.05, 0) is 45.4 Å². The Balaban J connectivity index is 3.16. The van der Waals surface area contributed by atoms with Gasteiger partial charge in [-0.2, -0.15) is 0 Å². The zero-order chi connectivity index (χ0) is 19.4. The molecule has 0 amide bonds. The molecule has 0 bridgehead atoms. The minimum absolute atomic E-state index is 0.0604. The molecule has 1 N–H and O–H groups in total. The van der Waals surface area contributed by atoms with Crippen molar-refractivity contribution >= 4 is 0 Å². The first-order valence-electron chi connectivity index (χ1n) is 8.71. The van der Waals surface area contributed by atoms with Crippen LogP contribution in [0.3, 0.4) is 0 Å². The summed E-state index contributed by atoms with van der Waals surface area (Å²) < 4.78 is 26.7. The Morgan fingerprint density at radius 2 is 2.00 bits per heavy atom. The maximum Gasteiger partial charge on any atom is 0.264 e. The van der Waals surface area contributed by atoms with Crippen molar-refractivity contribution in [1.82, 2.24) is 10.2 Å². The van der Waals surface area contributed by atoms with E-state index in [1.807, 2.05) is 14.1 Å². The molecule has 2 nitrogen and oxygen atoms in total. The highest BCUT2D eigenvalue weighted by molar-refractivity contribution is 5.48. The summed E-state index contributed by atoms with van der Waals surface area (Å²) in [5.74, 6) is 0. The molecule has 0 aromatic heterocycles. The van der Waals surface area contributed by atoms with Crippen LogP contribution < -0.4 is 5.32 Å². The number of allylic oxidation sites excluding steroid dienone is 4. The largest absolute Gasteiger partial charge is 0.381 e. The lowest BCUT2D eigenvalue weighted by atomic mass is 9.72. The van der Waals surface area contributed by atoms with E-state index in [9.17, 15) is 8.78 Å². The lowest BCUT2D eigenvalue weighted by Gasteiger charge is -2.39. The molecule has 0 fully saturated rings. The van der Waals surface area contributed by atoms with Gasteiger partial charge in [-0.15, -0.1) is 5.73 Å². The number of rotatable bonds is 7. The molecule has 0 saturated carbocycles. The van der Waals surface area contributed by atoms with E-state index in [1.165, 1.54) is 5.57 Å². The molecule has 0 spiro atoms. The molecule has 0 aromatic carbocycles. The summed E-state index contributed by atoms with van der Waals surface area (Å²) in [6.07, 6.45) is 2.76. The summed E-state index contributed by atoms with van der Waals surface area (Å²) in [4.78, 5) is 1.81. The number of halogens is 2. The summed E-state index contributed by atoms with van der Waals surface area (Å²) in [5, 5.41) is 3.40. The van der Waals surface area contributed by atoms with Gasteiger partial charge in [-0.1, -0.05) is 31.7 Å². The maximum atomic E-state index is 13.4. The lowest BCUT2D eigenvalue weighted by Crippen LogP contribution is -2.42. The van der Waals surface area contributed by atoms with Gasteiger partial charge in [0.1, 0.15) is 0 Å². The summed E-state index contributed by atoms with van der Waals surface area (Å²) in [6, 6.07) is 0.0940. The van der Waals surface area contributed by atoms with Crippen molar-refractivity contribution in [3.05, 3.63) is 53.1 Å². The Labute approximate surface area is 151 Å². The average molecular weight is 350 g/mol. The molecule has 4 heteroatoms. The third-order valence-electron chi connectivity index (χ3n) is 5.46. The van der Waals surface area contributed by atoms with Gasteiger partial charge in [-0.25, -0.2) is 8.78 Å². The predicted molar refractivity (Wildman–Crippen MR) is 102 cm³/mol. The fourth-order valence-electron chi connectivity index (χ4n) is 3.00. The number of alkyl halides is 2. The van der Waals surface area contributed by atoms with E-state index >= 15 is 0 Å². The van der Waals surface area contributed by atoms with Crippen molar-refractivity contribution in [2.45, 2.75) is 59.4 Å². The van der Waals surface area contributed by atoms with Gasteiger partial charge in [0.05, 0.1) is 5.70 Å². The van der Waals surface area contributed by atoms with Crippen LogP contribution in [0.5, 0.6) is 0 Å². The van der Waals surface area contributed by atoms with Crippen molar-refractivity contribution in [2.75, 3.05) is 14.1 Å². The lowest BCUT2D eigenvalue weighted by molar-refractivity contribution is 0.191. The first kappa shape index (κ1) is 21.2. The summed E-state index contributed by atoms with van der Waals surface area (Å²) in [7, 11) is 3.66. The minimum atomic E-state index is -2.62. The monoisotopic (exact) mass is 350 g/mol. The first-order valence-corrected chi connectivity index (χ1v) is 8.71. The molecule has 2 atom stereocenters. The van der Waals surface area contributed by atoms with Crippen LogP contribution in [-0.2, 0) is 0 Å². The normalized spacial score (nSPS) is 22.5. The molecular formula is C21H32F2N2. The number of nitrogens with zero attached hydrogens (tertiary/aromatic N) is 1. The van der Waals surface area contributed by atoms with E-state index < -0.39 is 6.43 Å². The van der Waals surface area contributed by atoms with Crippen LogP contribution in [0.15, 0.2) is 53.1 Å². The van der Waals surface area contributed by atoms with E-state index in [-0.39, 0.29) is 17.0 Å².